The second kappa shape index (κ2) is 6.01. The van der Waals surface area contributed by atoms with Gasteiger partial charge >= 0.3 is 6.03 Å². The van der Waals surface area contributed by atoms with Gasteiger partial charge in [-0.3, -0.25) is 4.79 Å². The highest BCUT2D eigenvalue weighted by molar-refractivity contribution is 6.23. The third kappa shape index (κ3) is 2.56. The van der Waals surface area contributed by atoms with E-state index in [2.05, 4.69) is 10.3 Å². The highest BCUT2D eigenvalue weighted by Gasteiger charge is 2.55. The number of nitrogens with zero attached hydrogens (tertiary/aromatic N) is 2. The number of aryl methyl sites for hydroxylation is 1. The Bertz CT molecular complexity index is 892. The van der Waals surface area contributed by atoms with Crippen molar-refractivity contribution in [2.75, 3.05) is 12.0 Å². The number of rotatable bonds is 4. The second-order valence-electron chi connectivity index (χ2n) is 6.59. The van der Waals surface area contributed by atoms with Gasteiger partial charge in [0.1, 0.15) is 17.0 Å². The lowest BCUT2D eigenvalue weighted by Crippen LogP contribution is -2.52. The van der Waals surface area contributed by atoms with Gasteiger partial charge in [0.05, 0.1) is 12.8 Å². The van der Waals surface area contributed by atoms with E-state index in [1.165, 1.54) is 11.1 Å². The number of hydrogen-bond acceptors (Lipinski definition) is 5. The van der Waals surface area contributed by atoms with Crippen LogP contribution in [0.2, 0.25) is 0 Å². The number of methoxy groups -OCH3 is 1. The Morgan fingerprint density at radius 3 is 2.65 bits per heavy atom. The quantitative estimate of drug-likeness (QED) is 0.854. The first-order valence-corrected chi connectivity index (χ1v) is 8.48. The molecular formula is C19H19N3O4. The maximum atomic E-state index is 12.7. The maximum Gasteiger partial charge on any atom is 0.329 e. The molecule has 1 N–H and O–H groups in total. The summed E-state index contributed by atoms with van der Waals surface area (Å²) < 4.78 is 11.1. The predicted octanol–water partition coefficient (Wildman–Crippen LogP) is 3.17. The standard InChI is InChI=1S/C19H19N3O4/c1-12-4-5-14(11-15(12)25-2)26-16-10-13(6-9-20-16)22-17(23)19(7-3-8-19)21-18(22)24/h4-6,9-11H,3,7-8H2,1-2H3,(H,21,24). The molecule has 26 heavy (non-hydrogen) atoms. The summed E-state index contributed by atoms with van der Waals surface area (Å²) in [6, 6.07) is 8.27. The molecule has 7 nitrogen and oxygen atoms in total. The van der Waals surface area contributed by atoms with Crippen LogP contribution in [0.4, 0.5) is 10.5 Å². The van der Waals surface area contributed by atoms with Crippen molar-refractivity contribution >= 4 is 17.6 Å². The number of urea groups is 1. The molecule has 2 heterocycles. The molecule has 1 aliphatic heterocycles. The van der Waals surface area contributed by atoms with Gasteiger partial charge in [0.25, 0.3) is 5.91 Å². The number of pyridine rings is 1. The second-order valence-corrected chi connectivity index (χ2v) is 6.59. The topological polar surface area (TPSA) is 80.8 Å². The van der Waals surface area contributed by atoms with Gasteiger partial charge in [0, 0.05) is 18.3 Å². The zero-order valence-corrected chi connectivity index (χ0v) is 14.6. The molecule has 2 fully saturated rings. The van der Waals surface area contributed by atoms with Crippen molar-refractivity contribution in [1.29, 1.82) is 0 Å². The Morgan fingerprint density at radius 1 is 1.19 bits per heavy atom. The van der Waals surface area contributed by atoms with Crippen LogP contribution in [0, 0.1) is 6.92 Å². The van der Waals surface area contributed by atoms with Crippen molar-refractivity contribution in [3.05, 3.63) is 42.1 Å². The Balaban J connectivity index is 1.59. The maximum absolute atomic E-state index is 12.7. The summed E-state index contributed by atoms with van der Waals surface area (Å²) in [5.41, 5.74) is 0.721. The van der Waals surface area contributed by atoms with Crippen LogP contribution >= 0.6 is 0 Å². The number of nitrogens with one attached hydrogen (secondary N) is 1. The first-order chi connectivity index (χ1) is 12.5. The molecule has 1 saturated heterocycles. The summed E-state index contributed by atoms with van der Waals surface area (Å²) in [5, 5.41) is 2.82. The molecule has 7 heteroatoms. The van der Waals surface area contributed by atoms with E-state index in [0.29, 0.717) is 35.9 Å². The first kappa shape index (κ1) is 16.4. The number of anilines is 1. The molecule has 3 amide bonds. The van der Waals surface area contributed by atoms with Gasteiger partial charge in [0.2, 0.25) is 5.88 Å². The van der Waals surface area contributed by atoms with Crippen LogP contribution in [0.15, 0.2) is 36.5 Å². The van der Waals surface area contributed by atoms with E-state index in [1.54, 1.807) is 25.3 Å². The van der Waals surface area contributed by atoms with Gasteiger partial charge in [-0.15, -0.1) is 0 Å². The monoisotopic (exact) mass is 353 g/mol. The molecule has 134 valence electrons. The van der Waals surface area contributed by atoms with Crippen molar-refractivity contribution in [2.24, 2.45) is 0 Å². The zero-order chi connectivity index (χ0) is 18.3. The van der Waals surface area contributed by atoms with Gasteiger partial charge in [-0.1, -0.05) is 6.07 Å². The molecule has 2 aromatic rings. The van der Waals surface area contributed by atoms with Crippen LogP contribution in [0.25, 0.3) is 0 Å². The lowest BCUT2D eigenvalue weighted by molar-refractivity contribution is -0.124. The van der Waals surface area contributed by atoms with Crippen LogP contribution in [0.3, 0.4) is 0 Å². The predicted molar refractivity (Wildman–Crippen MR) is 94.6 cm³/mol. The van der Waals surface area contributed by atoms with E-state index in [0.717, 1.165) is 12.0 Å². The van der Waals surface area contributed by atoms with Gasteiger partial charge < -0.3 is 14.8 Å². The van der Waals surface area contributed by atoms with Crippen LogP contribution in [0.1, 0.15) is 24.8 Å². The largest absolute Gasteiger partial charge is 0.496 e. The normalized spacial score (nSPS) is 17.8. The molecule has 1 saturated carbocycles. The van der Waals surface area contributed by atoms with E-state index in [-0.39, 0.29) is 5.91 Å². The van der Waals surface area contributed by atoms with Gasteiger partial charge in [0.15, 0.2) is 0 Å². The molecule has 2 aliphatic rings. The number of benzene rings is 1. The molecule has 1 spiro atoms. The molecule has 0 radical (unpaired) electrons. The minimum atomic E-state index is -0.717. The van der Waals surface area contributed by atoms with Gasteiger partial charge in [-0.05, 0) is 43.9 Å². The third-order valence-electron chi connectivity index (χ3n) is 4.95. The Morgan fingerprint density at radius 2 is 2.00 bits per heavy atom. The summed E-state index contributed by atoms with van der Waals surface area (Å²) in [6.45, 7) is 1.94. The Hall–Kier alpha value is -3.09. The molecule has 0 atom stereocenters. The number of imide groups is 1. The van der Waals surface area contributed by atoms with Crippen molar-refractivity contribution in [1.82, 2.24) is 10.3 Å². The van der Waals surface area contributed by atoms with E-state index < -0.39 is 11.6 Å². The van der Waals surface area contributed by atoms with E-state index in [1.807, 2.05) is 19.1 Å². The van der Waals surface area contributed by atoms with Crippen molar-refractivity contribution in [3.63, 3.8) is 0 Å². The molecule has 1 aromatic carbocycles. The fourth-order valence-electron chi connectivity index (χ4n) is 3.30. The lowest BCUT2D eigenvalue weighted by Gasteiger charge is -2.34. The number of amides is 3. The average molecular weight is 353 g/mol. The average Bonchev–Trinajstić information content (AvgIpc) is 2.88. The van der Waals surface area contributed by atoms with Crippen LogP contribution < -0.4 is 19.7 Å². The highest BCUT2D eigenvalue weighted by Crippen LogP contribution is 2.39. The molecule has 0 unspecified atom stereocenters. The lowest BCUT2D eigenvalue weighted by atomic mass is 9.77. The fraction of sp³-hybridized carbons (Fsp3) is 0.316. The molecule has 1 aromatic heterocycles. The zero-order valence-electron chi connectivity index (χ0n) is 14.6. The minimum Gasteiger partial charge on any atom is -0.496 e. The smallest absolute Gasteiger partial charge is 0.329 e. The number of aromatic nitrogens is 1. The summed E-state index contributed by atoms with van der Waals surface area (Å²) in [7, 11) is 1.60. The van der Waals surface area contributed by atoms with Crippen LogP contribution in [0.5, 0.6) is 17.4 Å². The molecule has 0 bridgehead atoms. The molecular weight excluding hydrogens is 334 g/mol. The van der Waals surface area contributed by atoms with Crippen molar-refractivity contribution < 1.29 is 19.1 Å². The first-order valence-electron chi connectivity index (χ1n) is 8.48. The minimum absolute atomic E-state index is 0.206. The summed E-state index contributed by atoms with van der Waals surface area (Å²) in [5.74, 6) is 1.36. The van der Waals surface area contributed by atoms with Crippen molar-refractivity contribution in [2.45, 2.75) is 31.7 Å². The summed E-state index contributed by atoms with van der Waals surface area (Å²) in [6.07, 6.45) is 3.83. The Kier molecular flexibility index (Phi) is 3.79. The van der Waals surface area contributed by atoms with E-state index in [9.17, 15) is 9.59 Å². The van der Waals surface area contributed by atoms with Crippen molar-refractivity contribution in [3.8, 4) is 17.4 Å². The third-order valence-corrected chi connectivity index (χ3v) is 4.95. The fourth-order valence-corrected chi connectivity index (χ4v) is 3.30. The number of carbonyl (C=O) groups excluding carboxylic acids is 2. The molecule has 4 rings (SSSR count). The highest BCUT2D eigenvalue weighted by atomic mass is 16.5. The number of carbonyl (C=O) groups is 2. The van der Waals surface area contributed by atoms with E-state index >= 15 is 0 Å². The Labute approximate surface area is 150 Å². The number of hydrogen-bond donors (Lipinski definition) is 1. The van der Waals surface area contributed by atoms with E-state index in [4.69, 9.17) is 9.47 Å². The summed E-state index contributed by atoms with van der Waals surface area (Å²) in [4.78, 5) is 30.3. The SMILES string of the molecule is COc1cc(Oc2cc(N3C(=O)NC4(CCC4)C3=O)ccn2)ccc1C. The number of ether oxygens (including phenoxy) is 2. The van der Waals surface area contributed by atoms with Crippen LogP contribution in [-0.2, 0) is 4.79 Å². The van der Waals surface area contributed by atoms with Gasteiger partial charge in [-0.2, -0.15) is 0 Å². The summed E-state index contributed by atoms with van der Waals surface area (Å²) >= 11 is 0. The van der Waals surface area contributed by atoms with Gasteiger partial charge in [-0.25, -0.2) is 14.7 Å². The van der Waals surface area contributed by atoms with Crippen LogP contribution in [-0.4, -0.2) is 29.6 Å². The molecule has 1 aliphatic carbocycles.